The predicted molar refractivity (Wildman–Crippen MR) is 116 cm³/mol. The summed E-state index contributed by atoms with van der Waals surface area (Å²) in [4.78, 5) is 45.2. The molecule has 4 rings (SSSR count). The molecule has 1 fully saturated rings. The van der Waals surface area contributed by atoms with Crippen molar-refractivity contribution in [2.45, 2.75) is 19.9 Å². The van der Waals surface area contributed by atoms with E-state index in [1.165, 1.54) is 5.56 Å². The summed E-state index contributed by atoms with van der Waals surface area (Å²) in [5.41, 5.74) is 3.20. The van der Waals surface area contributed by atoms with Crippen LogP contribution in [0.4, 0.5) is 9.59 Å². The molecule has 2 N–H and O–H groups in total. The van der Waals surface area contributed by atoms with Crippen LogP contribution in [0.3, 0.4) is 0 Å². The molecule has 1 saturated heterocycles. The third kappa shape index (κ3) is 4.56. The van der Waals surface area contributed by atoms with Gasteiger partial charge in [-0.15, -0.1) is 0 Å². The van der Waals surface area contributed by atoms with E-state index >= 15 is 0 Å². The van der Waals surface area contributed by atoms with Gasteiger partial charge in [0.1, 0.15) is 0 Å². The number of halogens is 1. The molecule has 4 amide bonds. The molecule has 10 heteroatoms. The molecule has 2 aliphatic rings. The Morgan fingerprint density at radius 2 is 1.84 bits per heavy atom. The Bertz CT molecular complexity index is 999. The van der Waals surface area contributed by atoms with Crippen LogP contribution in [-0.4, -0.2) is 83.6 Å². The highest BCUT2D eigenvalue weighted by atomic mass is 35.5. The van der Waals surface area contributed by atoms with Gasteiger partial charge in [-0.1, -0.05) is 11.6 Å². The van der Waals surface area contributed by atoms with Crippen LogP contribution in [0.2, 0.25) is 5.02 Å². The number of amides is 4. The van der Waals surface area contributed by atoms with Gasteiger partial charge in [0.25, 0.3) is 0 Å². The highest BCUT2D eigenvalue weighted by Gasteiger charge is 2.27. The zero-order chi connectivity index (χ0) is 22.0. The van der Waals surface area contributed by atoms with E-state index < -0.39 is 0 Å². The minimum Gasteiger partial charge on any atom is -0.450 e. The summed E-state index contributed by atoms with van der Waals surface area (Å²) in [6, 6.07) is 5.47. The molecular weight excluding hydrogens is 422 g/mol. The van der Waals surface area contributed by atoms with Crippen molar-refractivity contribution < 1.29 is 19.1 Å². The van der Waals surface area contributed by atoms with Gasteiger partial charge >= 0.3 is 12.1 Å². The average molecular weight is 448 g/mol. The number of carbonyl (C=O) groups excluding carboxylic acids is 3. The number of fused-ring (bicyclic) bond motifs is 3. The largest absolute Gasteiger partial charge is 0.450 e. The van der Waals surface area contributed by atoms with Gasteiger partial charge in [0, 0.05) is 54.3 Å². The molecule has 0 saturated carbocycles. The SMILES string of the molecule is CCOC(=O)N1CCN(C(=O)CNC(=O)N2CCc3c([nH]c4ccc(Cl)cc34)C2)CC1. The fourth-order valence-corrected chi connectivity index (χ4v) is 4.29. The molecule has 0 unspecified atom stereocenters. The molecule has 1 aromatic heterocycles. The topological polar surface area (TPSA) is 98.0 Å². The fourth-order valence-electron chi connectivity index (χ4n) is 4.11. The summed E-state index contributed by atoms with van der Waals surface area (Å²) in [7, 11) is 0. The Balaban J connectivity index is 1.27. The van der Waals surface area contributed by atoms with Crippen molar-refractivity contribution in [2.24, 2.45) is 0 Å². The number of aromatic nitrogens is 1. The van der Waals surface area contributed by atoms with Crippen LogP contribution in [0.25, 0.3) is 10.9 Å². The minimum absolute atomic E-state index is 0.0656. The number of benzene rings is 1. The summed E-state index contributed by atoms with van der Waals surface area (Å²) in [5.74, 6) is -0.158. The number of hydrogen-bond acceptors (Lipinski definition) is 4. The number of rotatable bonds is 3. The van der Waals surface area contributed by atoms with E-state index in [2.05, 4.69) is 10.3 Å². The molecule has 0 radical (unpaired) electrons. The van der Waals surface area contributed by atoms with Gasteiger partial charge in [-0.05, 0) is 37.1 Å². The van der Waals surface area contributed by atoms with E-state index in [4.69, 9.17) is 16.3 Å². The zero-order valence-electron chi connectivity index (χ0n) is 17.4. The summed E-state index contributed by atoms with van der Waals surface area (Å²) >= 11 is 6.12. The first-order valence-corrected chi connectivity index (χ1v) is 10.8. The third-order valence-corrected chi connectivity index (χ3v) is 6.01. The minimum atomic E-state index is -0.355. The molecule has 2 aliphatic heterocycles. The second-order valence-corrected chi connectivity index (χ2v) is 8.11. The average Bonchev–Trinajstić information content (AvgIpc) is 3.14. The van der Waals surface area contributed by atoms with Gasteiger partial charge in [0.15, 0.2) is 0 Å². The second-order valence-electron chi connectivity index (χ2n) is 7.67. The van der Waals surface area contributed by atoms with Crippen LogP contribution < -0.4 is 5.32 Å². The van der Waals surface area contributed by atoms with Gasteiger partial charge in [-0.3, -0.25) is 4.79 Å². The number of hydrogen-bond donors (Lipinski definition) is 2. The lowest BCUT2D eigenvalue weighted by molar-refractivity contribution is -0.131. The van der Waals surface area contributed by atoms with Gasteiger partial charge in [0.05, 0.1) is 19.7 Å². The first kappa shape index (κ1) is 21.3. The number of urea groups is 1. The lowest BCUT2D eigenvalue weighted by Gasteiger charge is -2.34. The van der Waals surface area contributed by atoms with Crippen LogP contribution in [0, 0.1) is 0 Å². The molecule has 9 nitrogen and oxygen atoms in total. The number of aromatic amines is 1. The Labute approximate surface area is 185 Å². The number of nitrogens with one attached hydrogen (secondary N) is 2. The summed E-state index contributed by atoms with van der Waals surface area (Å²) in [6.45, 7) is 4.77. The Morgan fingerprint density at radius 1 is 1.10 bits per heavy atom. The van der Waals surface area contributed by atoms with Crippen molar-refractivity contribution >= 4 is 40.5 Å². The van der Waals surface area contributed by atoms with Gasteiger partial charge in [-0.25, -0.2) is 9.59 Å². The highest BCUT2D eigenvalue weighted by molar-refractivity contribution is 6.31. The van der Waals surface area contributed by atoms with E-state index in [0.29, 0.717) is 50.9 Å². The van der Waals surface area contributed by atoms with Crippen molar-refractivity contribution in [3.8, 4) is 0 Å². The molecule has 3 heterocycles. The van der Waals surface area contributed by atoms with E-state index in [0.717, 1.165) is 23.0 Å². The maximum atomic E-state index is 12.6. The number of nitrogens with zero attached hydrogens (tertiary/aromatic N) is 3. The molecule has 31 heavy (non-hydrogen) atoms. The number of ether oxygens (including phenoxy) is 1. The van der Waals surface area contributed by atoms with Crippen LogP contribution in [-0.2, 0) is 22.5 Å². The molecule has 0 spiro atoms. The predicted octanol–water partition coefficient (Wildman–Crippen LogP) is 2.19. The lowest BCUT2D eigenvalue weighted by Crippen LogP contribution is -2.53. The van der Waals surface area contributed by atoms with Crippen molar-refractivity contribution in [3.63, 3.8) is 0 Å². The molecule has 2 aromatic rings. The summed E-state index contributed by atoms with van der Waals surface area (Å²) in [5, 5.41) is 4.52. The molecule has 166 valence electrons. The first-order chi connectivity index (χ1) is 15.0. The molecular formula is C21H26ClN5O4. The van der Waals surface area contributed by atoms with Crippen molar-refractivity contribution in [1.29, 1.82) is 0 Å². The van der Waals surface area contributed by atoms with E-state index in [-0.39, 0.29) is 24.6 Å². The highest BCUT2D eigenvalue weighted by Crippen LogP contribution is 2.29. The standard InChI is InChI=1S/C21H26ClN5O4/c1-2-31-21(30)26-9-7-25(8-10-26)19(28)12-23-20(29)27-6-5-15-16-11-14(22)3-4-17(16)24-18(15)13-27/h3-4,11,24H,2,5-10,12-13H2,1H3,(H,23,29). The number of piperazine rings is 1. The summed E-state index contributed by atoms with van der Waals surface area (Å²) in [6.07, 6.45) is 0.374. The smallest absolute Gasteiger partial charge is 0.409 e. The van der Waals surface area contributed by atoms with Gasteiger partial charge < -0.3 is 29.7 Å². The third-order valence-electron chi connectivity index (χ3n) is 5.77. The van der Waals surface area contributed by atoms with Crippen LogP contribution >= 0.6 is 11.6 Å². The molecule has 0 atom stereocenters. The maximum absolute atomic E-state index is 12.6. The van der Waals surface area contributed by atoms with E-state index in [9.17, 15) is 14.4 Å². The van der Waals surface area contributed by atoms with Gasteiger partial charge in [-0.2, -0.15) is 0 Å². The number of carbonyl (C=O) groups is 3. The summed E-state index contributed by atoms with van der Waals surface area (Å²) < 4.78 is 4.99. The normalized spacial score (nSPS) is 16.3. The Morgan fingerprint density at radius 3 is 2.58 bits per heavy atom. The van der Waals surface area contributed by atoms with Gasteiger partial charge in [0.2, 0.25) is 5.91 Å². The monoisotopic (exact) mass is 447 g/mol. The van der Waals surface area contributed by atoms with Crippen molar-refractivity contribution in [1.82, 2.24) is 25.0 Å². The van der Waals surface area contributed by atoms with Crippen LogP contribution in [0.15, 0.2) is 18.2 Å². The molecule has 0 bridgehead atoms. The zero-order valence-corrected chi connectivity index (χ0v) is 18.2. The van der Waals surface area contributed by atoms with Crippen LogP contribution in [0.1, 0.15) is 18.2 Å². The maximum Gasteiger partial charge on any atom is 0.409 e. The fraction of sp³-hybridized carbons (Fsp3) is 0.476. The quantitative estimate of drug-likeness (QED) is 0.753. The second kappa shape index (κ2) is 9.05. The lowest BCUT2D eigenvalue weighted by atomic mass is 10.0. The van der Waals surface area contributed by atoms with E-state index in [1.807, 2.05) is 18.2 Å². The van der Waals surface area contributed by atoms with E-state index in [1.54, 1.807) is 21.6 Å². The number of H-pyrrole nitrogens is 1. The molecule has 1 aromatic carbocycles. The van der Waals surface area contributed by atoms with Crippen LogP contribution in [0.5, 0.6) is 0 Å². The Kier molecular flexibility index (Phi) is 6.22. The first-order valence-electron chi connectivity index (χ1n) is 10.5. The van der Waals surface area contributed by atoms with Crippen molar-refractivity contribution in [2.75, 3.05) is 45.9 Å². The Hall–Kier alpha value is -2.94. The van der Waals surface area contributed by atoms with Crippen molar-refractivity contribution in [3.05, 3.63) is 34.5 Å². The molecule has 0 aliphatic carbocycles.